The van der Waals surface area contributed by atoms with Crippen molar-refractivity contribution in [3.8, 4) is 0 Å². The molecule has 0 aromatic heterocycles. The van der Waals surface area contributed by atoms with Crippen molar-refractivity contribution in [3.63, 3.8) is 0 Å². The summed E-state index contributed by atoms with van der Waals surface area (Å²) in [5, 5.41) is 34.5. The third-order valence-electron chi connectivity index (χ3n) is 13.5. The summed E-state index contributed by atoms with van der Waals surface area (Å²) in [6, 6.07) is 0. The summed E-state index contributed by atoms with van der Waals surface area (Å²) in [7, 11) is 0. The van der Waals surface area contributed by atoms with E-state index >= 15 is 0 Å². The number of hydrogen-bond donors (Lipinski definition) is 3. The highest BCUT2D eigenvalue weighted by Gasteiger charge is 2.72. The predicted molar refractivity (Wildman–Crippen MR) is 137 cm³/mol. The number of carbonyl (C=O) groups is 1. The van der Waals surface area contributed by atoms with Crippen molar-refractivity contribution in [2.24, 2.45) is 61.8 Å². The molecule has 0 aliphatic heterocycles. The molecular weight excluding hydrogens is 438 g/mol. The monoisotopic (exact) mass is 485 g/mol. The molecule has 0 bridgehead atoms. The van der Waals surface area contributed by atoms with E-state index in [1.165, 1.54) is 5.57 Å². The SMILES string of the molecule is C=C(C)[C@@H]1CC[C@]2(C(=O)O)CC[C@]3(C)C(CC[C@@H]4[C@@]5(C)CC/C(=N\O)C(C)(CO)[C@@H]5CC[C@]43C)[C@@H]12. The van der Waals surface area contributed by atoms with Crippen molar-refractivity contribution in [1.82, 2.24) is 0 Å². The summed E-state index contributed by atoms with van der Waals surface area (Å²) in [5.74, 6) is 1.19. The Kier molecular flexibility index (Phi) is 5.65. The van der Waals surface area contributed by atoms with Gasteiger partial charge in [-0.3, -0.25) is 4.79 Å². The van der Waals surface area contributed by atoms with Gasteiger partial charge < -0.3 is 15.4 Å². The molecule has 35 heavy (non-hydrogen) atoms. The Bertz CT molecular complexity index is 960. The molecule has 196 valence electrons. The quantitative estimate of drug-likeness (QED) is 0.241. The van der Waals surface area contributed by atoms with E-state index in [0.717, 1.165) is 69.9 Å². The zero-order valence-electron chi connectivity index (χ0n) is 22.6. The molecule has 0 aromatic rings. The van der Waals surface area contributed by atoms with Crippen LogP contribution in [0.25, 0.3) is 0 Å². The molecule has 5 heteroatoms. The molecule has 5 aliphatic rings. The van der Waals surface area contributed by atoms with Crippen LogP contribution in [0.1, 0.15) is 98.8 Å². The number of fused-ring (bicyclic) bond motifs is 7. The van der Waals surface area contributed by atoms with Gasteiger partial charge in [0.15, 0.2) is 0 Å². The lowest BCUT2D eigenvalue weighted by molar-refractivity contribution is -0.232. The molecule has 0 amide bonds. The van der Waals surface area contributed by atoms with E-state index < -0.39 is 16.8 Å². The van der Waals surface area contributed by atoms with Gasteiger partial charge in [0.25, 0.3) is 0 Å². The maximum atomic E-state index is 12.8. The maximum absolute atomic E-state index is 12.8. The fourth-order valence-electron chi connectivity index (χ4n) is 11.5. The molecule has 2 unspecified atom stereocenters. The van der Waals surface area contributed by atoms with Crippen LogP contribution in [0.3, 0.4) is 0 Å². The summed E-state index contributed by atoms with van der Waals surface area (Å²) in [6.07, 6.45) is 9.67. The normalized spacial score (nSPS) is 54.3. The van der Waals surface area contributed by atoms with Gasteiger partial charge in [-0.05, 0) is 117 Å². The fourth-order valence-corrected chi connectivity index (χ4v) is 11.5. The molecule has 5 rings (SSSR count). The number of oxime groups is 1. The van der Waals surface area contributed by atoms with E-state index in [9.17, 15) is 20.2 Å². The van der Waals surface area contributed by atoms with Gasteiger partial charge in [0.2, 0.25) is 0 Å². The minimum atomic E-state index is -0.578. The Morgan fingerprint density at radius 3 is 2.29 bits per heavy atom. The fraction of sp³-hybridized carbons (Fsp3) is 0.867. The lowest BCUT2D eigenvalue weighted by atomic mass is 9.32. The minimum absolute atomic E-state index is 0.0273. The van der Waals surface area contributed by atoms with Crippen LogP contribution in [0.2, 0.25) is 0 Å². The number of carboxylic acid groups (broad SMARTS) is 1. The minimum Gasteiger partial charge on any atom is -0.481 e. The molecule has 10 atom stereocenters. The van der Waals surface area contributed by atoms with Crippen LogP contribution < -0.4 is 0 Å². The average molecular weight is 486 g/mol. The topological polar surface area (TPSA) is 90.1 Å². The molecule has 0 spiro atoms. The molecule has 0 aromatic carbocycles. The van der Waals surface area contributed by atoms with Gasteiger partial charge in [-0.1, -0.05) is 45.0 Å². The maximum Gasteiger partial charge on any atom is 0.309 e. The molecule has 0 heterocycles. The third kappa shape index (κ3) is 2.91. The summed E-state index contributed by atoms with van der Waals surface area (Å²) in [6.45, 7) is 16.1. The second kappa shape index (κ2) is 7.82. The Morgan fingerprint density at radius 1 is 0.971 bits per heavy atom. The van der Waals surface area contributed by atoms with Gasteiger partial charge in [0.1, 0.15) is 0 Å². The number of allylic oxidation sites excluding steroid dienone is 1. The Balaban J connectivity index is 1.57. The number of rotatable bonds is 3. The van der Waals surface area contributed by atoms with Crippen LogP contribution >= 0.6 is 0 Å². The number of nitrogens with zero attached hydrogens (tertiary/aromatic N) is 1. The van der Waals surface area contributed by atoms with E-state index in [0.29, 0.717) is 23.7 Å². The highest BCUT2D eigenvalue weighted by atomic mass is 16.4. The van der Waals surface area contributed by atoms with Gasteiger partial charge >= 0.3 is 5.97 Å². The van der Waals surface area contributed by atoms with E-state index in [1.54, 1.807) is 0 Å². The molecule has 5 nitrogen and oxygen atoms in total. The summed E-state index contributed by atoms with van der Waals surface area (Å²) < 4.78 is 0. The summed E-state index contributed by atoms with van der Waals surface area (Å²) >= 11 is 0. The molecule has 5 aliphatic carbocycles. The first-order valence-electron chi connectivity index (χ1n) is 14.1. The largest absolute Gasteiger partial charge is 0.481 e. The van der Waals surface area contributed by atoms with E-state index in [4.69, 9.17) is 0 Å². The standard InChI is InChI=1S/C30H47NO4/c1-18(2)19-9-14-30(25(33)34)16-15-28(5)20(24(19)30)7-8-22-26(3)12-11-23(31-35)27(4,17-32)21(26)10-13-29(22,28)6/h19-22,24,32,35H,1,7-17H2,2-6H3,(H,33,34)/b31-23+/t19-,20?,21+,22+,24+,26-,27?,28+,29+,30-/m0/s1. The molecular formula is C30H47NO4. The molecule has 5 saturated carbocycles. The Hall–Kier alpha value is -1.36. The van der Waals surface area contributed by atoms with Gasteiger partial charge in [0.05, 0.1) is 17.7 Å². The first kappa shape index (κ1) is 25.3. The van der Waals surface area contributed by atoms with Crippen molar-refractivity contribution in [3.05, 3.63) is 12.2 Å². The second-order valence-corrected chi connectivity index (χ2v) is 14.3. The van der Waals surface area contributed by atoms with Crippen LogP contribution in [0.4, 0.5) is 0 Å². The van der Waals surface area contributed by atoms with Crippen molar-refractivity contribution in [2.45, 2.75) is 98.8 Å². The molecule has 3 N–H and O–H groups in total. The van der Waals surface area contributed by atoms with Crippen LogP contribution in [-0.2, 0) is 4.79 Å². The van der Waals surface area contributed by atoms with Crippen LogP contribution in [-0.4, -0.2) is 33.7 Å². The van der Waals surface area contributed by atoms with Crippen LogP contribution in [0.5, 0.6) is 0 Å². The van der Waals surface area contributed by atoms with Crippen molar-refractivity contribution in [1.29, 1.82) is 0 Å². The average Bonchev–Trinajstić information content (AvgIpc) is 3.21. The zero-order chi connectivity index (χ0) is 25.6. The zero-order valence-corrected chi connectivity index (χ0v) is 22.6. The Morgan fingerprint density at radius 2 is 1.69 bits per heavy atom. The van der Waals surface area contributed by atoms with E-state index in [1.807, 2.05) is 0 Å². The lowest BCUT2D eigenvalue weighted by Crippen LogP contribution is -2.67. The smallest absolute Gasteiger partial charge is 0.309 e. The summed E-state index contributed by atoms with van der Waals surface area (Å²) in [4.78, 5) is 12.8. The highest BCUT2D eigenvalue weighted by molar-refractivity contribution is 5.91. The number of aliphatic carboxylic acids is 1. The lowest BCUT2D eigenvalue weighted by Gasteiger charge is -2.72. The number of carboxylic acids is 1. The number of aliphatic hydroxyl groups is 1. The Labute approximate surface area is 211 Å². The highest BCUT2D eigenvalue weighted by Crippen LogP contribution is 2.77. The third-order valence-corrected chi connectivity index (χ3v) is 13.5. The molecule has 0 radical (unpaired) electrons. The predicted octanol–water partition coefficient (Wildman–Crippen LogP) is 6.53. The summed E-state index contributed by atoms with van der Waals surface area (Å²) in [5.41, 5.74) is 1.22. The van der Waals surface area contributed by atoms with Gasteiger partial charge in [0, 0.05) is 5.41 Å². The number of aliphatic hydroxyl groups excluding tert-OH is 1. The van der Waals surface area contributed by atoms with E-state index in [2.05, 4.69) is 46.4 Å². The first-order chi connectivity index (χ1) is 16.4. The van der Waals surface area contributed by atoms with E-state index in [-0.39, 0.29) is 28.8 Å². The van der Waals surface area contributed by atoms with Crippen molar-refractivity contribution >= 4 is 11.7 Å². The molecule has 5 fully saturated rings. The van der Waals surface area contributed by atoms with Crippen LogP contribution in [0, 0.1) is 56.7 Å². The van der Waals surface area contributed by atoms with Gasteiger partial charge in [-0.25, -0.2) is 0 Å². The van der Waals surface area contributed by atoms with Gasteiger partial charge in [-0.15, -0.1) is 0 Å². The second-order valence-electron chi connectivity index (χ2n) is 14.3. The molecule has 0 saturated heterocycles. The van der Waals surface area contributed by atoms with Crippen molar-refractivity contribution in [2.75, 3.05) is 6.61 Å². The first-order valence-corrected chi connectivity index (χ1v) is 14.1. The van der Waals surface area contributed by atoms with Crippen LogP contribution in [0.15, 0.2) is 17.3 Å². The number of hydrogen-bond acceptors (Lipinski definition) is 4. The van der Waals surface area contributed by atoms with Gasteiger partial charge in [-0.2, -0.15) is 0 Å². The van der Waals surface area contributed by atoms with Crippen molar-refractivity contribution < 1.29 is 20.2 Å².